The van der Waals surface area contributed by atoms with Crippen molar-refractivity contribution in [2.75, 3.05) is 26.2 Å². The second kappa shape index (κ2) is 15.2. The number of rotatable bonds is 14. The lowest BCUT2D eigenvalue weighted by atomic mass is 9.85. The normalized spacial score (nSPS) is 21.6. The number of likely N-dealkylation sites (tertiary alicyclic amines) is 1. The number of hydrogen-bond donors (Lipinski definition) is 4. The molecule has 5 amide bonds. The van der Waals surface area contributed by atoms with Crippen molar-refractivity contribution in [1.29, 1.82) is 0 Å². The number of carbonyl (C=O) groups excluding carboxylic acids is 5. The molecule has 0 aromatic heterocycles. The number of nitrogens with zero attached hydrogens (tertiary/aromatic N) is 2. The monoisotopic (exact) mass is 686 g/mol. The van der Waals surface area contributed by atoms with Gasteiger partial charge in [0.2, 0.25) is 27.6 Å². The topological polar surface area (TPSA) is 174 Å². The van der Waals surface area contributed by atoms with Crippen molar-refractivity contribution in [1.82, 2.24) is 30.5 Å². The molecule has 2 fully saturated rings. The molecule has 264 valence electrons. The molecule has 4 N–H and O–H groups in total. The van der Waals surface area contributed by atoms with Crippen LogP contribution < -0.4 is 21.3 Å². The van der Waals surface area contributed by atoms with Gasteiger partial charge in [0, 0.05) is 32.7 Å². The molecule has 1 aromatic rings. The fraction of sp³-hybridized carbons (Fsp3) is 0.618. The maximum absolute atomic E-state index is 14.2. The standard InChI is InChI=1S/C34H50N6O7S/c1-7-14-35-31(43)28(41)25(17-22-12-13-22)37-30(42)26-18-24(21(2)3)20-40(26)32(44)29(34(4,5)6)38-33(45)36-15-16-39-19-23-10-8-9-11-27(23)48(39,46)47/h7-11,21-22,24-26,29H,1,12-20H2,2-6H3,(H,35,43)(H,37,42)(H2,36,38,45)/t24-,25?,26+,29-/m1/s1. The van der Waals surface area contributed by atoms with Crippen molar-refractivity contribution in [3.05, 3.63) is 42.5 Å². The minimum Gasteiger partial charge on any atom is -0.346 e. The second-order valence-corrected chi connectivity index (χ2v) is 16.4. The summed E-state index contributed by atoms with van der Waals surface area (Å²) in [5.41, 5.74) is -0.0533. The van der Waals surface area contributed by atoms with Gasteiger partial charge in [0.1, 0.15) is 12.1 Å². The molecule has 3 aliphatic rings. The van der Waals surface area contributed by atoms with Gasteiger partial charge in [-0.25, -0.2) is 13.2 Å². The SMILES string of the molecule is C=CCNC(=O)C(=O)C(CC1CC1)NC(=O)[C@@H]1C[C@@H](C(C)C)CN1C(=O)[C@@H](NC(=O)NCCN1Cc2ccccc2S1(=O)=O)C(C)(C)C. The van der Waals surface area contributed by atoms with Crippen LogP contribution in [0.1, 0.15) is 65.9 Å². The van der Waals surface area contributed by atoms with Crippen LogP contribution in [0.15, 0.2) is 41.8 Å². The van der Waals surface area contributed by atoms with E-state index in [4.69, 9.17) is 0 Å². The fourth-order valence-electron chi connectivity index (χ4n) is 6.23. The van der Waals surface area contributed by atoms with E-state index in [2.05, 4.69) is 27.8 Å². The number of urea groups is 1. The van der Waals surface area contributed by atoms with Crippen LogP contribution in [0.2, 0.25) is 0 Å². The summed E-state index contributed by atoms with van der Waals surface area (Å²) in [6.45, 7) is 13.7. The first-order valence-corrected chi connectivity index (χ1v) is 18.1. The number of ketones is 1. The van der Waals surface area contributed by atoms with E-state index in [0.29, 0.717) is 24.9 Å². The van der Waals surface area contributed by atoms with E-state index in [1.807, 2.05) is 13.8 Å². The van der Waals surface area contributed by atoms with Gasteiger partial charge in [0.15, 0.2) is 0 Å². The number of fused-ring (bicyclic) bond motifs is 1. The summed E-state index contributed by atoms with van der Waals surface area (Å²) in [4.78, 5) is 68.4. The average molecular weight is 687 g/mol. The molecule has 0 bridgehead atoms. The van der Waals surface area contributed by atoms with E-state index in [9.17, 15) is 32.4 Å². The van der Waals surface area contributed by atoms with Gasteiger partial charge in [-0.3, -0.25) is 19.2 Å². The van der Waals surface area contributed by atoms with Crippen molar-refractivity contribution >= 4 is 39.6 Å². The van der Waals surface area contributed by atoms with Crippen LogP contribution in [-0.4, -0.2) is 91.5 Å². The van der Waals surface area contributed by atoms with Crippen molar-refractivity contribution in [2.24, 2.45) is 23.2 Å². The Labute approximate surface area is 283 Å². The second-order valence-electron chi connectivity index (χ2n) is 14.5. The Bertz CT molecular complexity index is 1520. The summed E-state index contributed by atoms with van der Waals surface area (Å²) < 4.78 is 27.0. The molecule has 14 heteroatoms. The third-order valence-corrected chi connectivity index (χ3v) is 11.3. The molecule has 1 saturated carbocycles. The summed E-state index contributed by atoms with van der Waals surface area (Å²) in [5.74, 6) is -2.08. The van der Waals surface area contributed by atoms with Gasteiger partial charge >= 0.3 is 6.03 Å². The first-order valence-electron chi connectivity index (χ1n) is 16.7. The van der Waals surface area contributed by atoms with Crippen LogP contribution in [0.5, 0.6) is 0 Å². The molecular weight excluding hydrogens is 636 g/mol. The molecule has 0 radical (unpaired) electrons. The molecule has 1 aromatic carbocycles. The molecule has 2 aliphatic heterocycles. The Kier molecular flexibility index (Phi) is 11.7. The molecule has 1 saturated heterocycles. The highest BCUT2D eigenvalue weighted by atomic mass is 32.2. The van der Waals surface area contributed by atoms with E-state index in [-0.39, 0.29) is 48.8 Å². The molecule has 0 spiro atoms. The fourth-order valence-corrected chi connectivity index (χ4v) is 7.86. The van der Waals surface area contributed by atoms with E-state index in [0.717, 1.165) is 12.8 Å². The number of carbonyl (C=O) groups is 5. The molecule has 48 heavy (non-hydrogen) atoms. The highest BCUT2D eigenvalue weighted by Crippen LogP contribution is 2.35. The number of hydrogen-bond acceptors (Lipinski definition) is 7. The van der Waals surface area contributed by atoms with Crippen molar-refractivity contribution in [3.8, 4) is 0 Å². The predicted molar refractivity (Wildman–Crippen MR) is 180 cm³/mol. The lowest BCUT2D eigenvalue weighted by molar-refractivity contribution is -0.143. The lowest BCUT2D eigenvalue weighted by Crippen LogP contribution is -2.60. The van der Waals surface area contributed by atoms with Crippen LogP contribution in [0, 0.1) is 23.2 Å². The summed E-state index contributed by atoms with van der Waals surface area (Å²) in [7, 11) is -3.65. The zero-order valence-electron chi connectivity index (χ0n) is 28.6. The first kappa shape index (κ1) is 37.0. The van der Waals surface area contributed by atoms with Crippen LogP contribution >= 0.6 is 0 Å². The van der Waals surface area contributed by atoms with E-state index in [1.165, 1.54) is 15.3 Å². The van der Waals surface area contributed by atoms with Gasteiger partial charge in [-0.05, 0) is 47.6 Å². The predicted octanol–water partition coefficient (Wildman–Crippen LogP) is 1.93. The zero-order chi connectivity index (χ0) is 35.4. The molecular formula is C34H50N6O7S. The molecule has 2 heterocycles. The largest absolute Gasteiger partial charge is 0.346 e. The van der Waals surface area contributed by atoms with E-state index < -0.39 is 63.1 Å². The third-order valence-electron chi connectivity index (χ3n) is 9.36. The maximum Gasteiger partial charge on any atom is 0.315 e. The van der Waals surface area contributed by atoms with Crippen LogP contribution in [-0.2, 0) is 35.7 Å². The van der Waals surface area contributed by atoms with Crippen molar-refractivity contribution in [2.45, 2.75) is 89.9 Å². The van der Waals surface area contributed by atoms with Crippen LogP contribution in [0.3, 0.4) is 0 Å². The van der Waals surface area contributed by atoms with Gasteiger partial charge < -0.3 is 26.2 Å². The van der Waals surface area contributed by atoms with Crippen molar-refractivity contribution in [3.63, 3.8) is 0 Å². The van der Waals surface area contributed by atoms with Gasteiger partial charge in [-0.1, -0.05) is 71.7 Å². The number of nitrogens with one attached hydrogen (secondary N) is 4. The summed E-state index contributed by atoms with van der Waals surface area (Å²) >= 11 is 0. The van der Waals surface area contributed by atoms with Gasteiger partial charge in [-0.2, -0.15) is 4.31 Å². The Hall–Kier alpha value is -3.78. The Balaban J connectivity index is 1.43. The van der Waals surface area contributed by atoms with Gasteiger partial charge in [0.25, 0.3) is 5.91 Å². The molecule has 4 rings (SSSR count). The summed E-state index contributed by atoms with van der Waals surface area (Å²) in [6, 6.07) is 3.20. The summed E-state index contributed by atoms with van der Waals surface area (Å²) in [5, 5.41) is 10.7. The highest BCUT2D eigenvalue weighted by molar-refractivity contribution is 7.89. The average Bonchev–Trinajstić information content (AvgIpc) is 3.65. The number of sulfonamides is 1. The van der Waals surface area contributed by atoms with Gasteiger partial charge in [-0.15, -0.1) is 6.58 Å². The molecule has 13 nitrogen and oxygen atoms in total. The zero-order valence-corrected chi connectivity index (χ0v) is 29.4. The summed E-state index contributed by atoms with van der Waals surface area (Å²) in [6.07, 6.45) is 4.01. The lowest BCUT2D eigenvalue weighted by Gasteiger charge is -2.35. The quantitative estimate of drug-likeness (QED) is 0.171. The van der Waals surface area contributed by atoms with E-state index >= 15 is 0 Å². The Morgan fingerprint density at radius 3 is 2.33 bits per heavy atom. The Morgan fingerprint density at radius 2 is 1.73 bits per heavy atom. The molecule has 1 unspecified atom stereocenters. The highest BCUT2D eigenvalue weighted by Gasteiger charge is 2.46. The Morgan fingerprint density at radius 1 is 1.04 bits per heavy atom. The molecule has 1 aliphatic carbocycles. The third kappa shape index (κ3) is 8.81. The number of Topliss-reactive ketones (excluding diaryl/α,β-unsaturated/α-hetero) is 1. The molecule has 4 atom stereocenters. The van der Waals surface area contributed by atoms with Crippen LogP contribution in [0.25, 0.3) is 0 Å². The minimum absolute atomic E-state index is 0.000786. The first-order chi connectivity index (χ1) is 22.5. The minimum atomic E-state index is -3.65. The van der Waals surface area contributed by atoms with Crippen LogP contribution in [0.4, 0.5) is 4.79 Å². The van der Waals surface area contributed by atoms with E-state index in [1.54, 1.807) is 45.0 Å². The number of benzene rings is 1. The van der Waals surface area contributed by atoms with Crippen molar-refractivity contribution < 1.29 is 32.4 Å². The smallest absolute Gasteiger partial charge is 0.315 e. The number of amides is 5. The maximum atomic E-state index is 14.2. The van der Waals surface area contributed by atoms with Gasteiger partial charge in [0.05, 0.1) is 10.9 Å².